The Labute approximate surface area is 54.0 Å². The Morgan fingerprint density at radius 1 is 1.56 bits per heavy atom. The van der Waals surface area contributed by atoms with E-state index in [2.05, 4.69) is 9.26 Å². The zero-order chi connectivity index (χ0) is 7.28. The second kappa shape index (κ2) is 4.53. The Hall–Kier alpha value is -0.340. The van der Waals surface area contributed by atoms with Crippen LogP contribution < -0.4 is 0 Å². The number of hydrogen-bond acceptors (Lipinski definition) is 4. The monoisotopic (exact) mass is 152 g/mol. The van der Waals surface area contributed by atoms with E-state index in [0.717, 1.165) is 0 Å². The van der Waals surface area contributed by atoms with Crippen LogP contribution in [0.4, 0.5) is 0 Å². The van der Waals surface area contributed by atoms with Crippen LogP contribution in [0.2, 0.25) is 0 Å². The fourth-order valence-corrected chi connectivity index (χ4v) is 0.787. The van der Waals surface area contributed by atoms with Gasteiger partial charge >= 0.3 is 5.97 Å². The highest BCUT2D eigenvalue weighted by molar-refractivity contribution is 7.40. The highest BCUT2D eigenvalue weighted by Gasteiger charge is 2.04. The van der Waals surface area contributed by atoms with E-state index in [1.54, 1.807) is 0 Å². The molecule has 1 unspecified atom stereocenters. The molecule has 0 heterocycles. The molecule has 0 aliphatic heterocycles. The molecular weight excluding hydrogens is 143 g/mol. The summed E-state index contributed by atoms with van der Waals surface area (Å²) >= 11 is 0. The lowest BCUT2D eigenvalue weighted by Gasteiger charge is -1.95. The number of methoxy groups -OCH3 is 1. The number of rotatable bonds is 3. The summed E-state index contributed by atoms with van der Waals surface area (Å²) in [4.78, 5) is 10.3. The van der Waals surface area contributed by atoms with Gasteiger partial charge in [0, 0.05) is 7.11 Å². The van der Waals surface area contributed by atoms with Crippen LogP contribution in [0, 0.1) is 0 Å². The van der Waals surface area contributed by atoms with Crippen molar-refractivity contribution in [2.24, 2.45) is 0 Å². The minimum atomic E-state index is -2.16. The van der Waals surface area contributed by atoms with Gasteiger partial charge < -0.3 is 9.26 Å². The summed E-state index contributed by atoms with van der Waals surface area (Å²) in [6.07, 6.45) is -0.127. The smallest absolute Gasteiger partial charge is 0.315 e. The highest BCUT2D eigenvalue weighted by atomic mass is 31.1. The molecule has 1 atom stereocenters. The fourth-order valence-electron chi connectivity index (χ4n) is 0.262. The summed E-state index contributed by atoms with van der Waals surface area (Å²) in [6, 6.07) is 0. The van der Waals surface area contributed by atoms with E-state index in [0.29, 0.717) is 0 Å². The molecule has 0 aliphatic carbocycles. The topological polar surface area (TPSA) is 52.6 Å². The van der Waals surface area contributed by atoms with Crippen LogP contribution in [-0.2, 0) is 18.6 Å². The van der Waals surface area contributed by atoms with Gasteiger partial charge in [-0.3, -0.25) is 9.36 Å². The molecule has 0 N–H and O–H groups in total. The zero-order valence-electron chi connectivity index (χ0n) is 5.34. The van der Waals surface area contributed by atoms with Gasteiger partial charge in [-0.05, 0) is 0 Å². The van der Waals surface area contributed by atoms with Crippen molar-refractivity contribution >= 4 is 14.0 Å². The van der Waals surface area contributed by atoms with Gasteiger partial charge in [-0.2, -0.15) is 0 Å². The maximum absolute atomic E-state index is 10.4. The molecule has 0 aromatic heterocycles. The Morgan fingerprint density at radius 3 is 2.44 bits per heavy atom. The van der Waals surface area contributed by atoms with Crippen LogP contribution in [0.5, 0.6) is 0 Å². The van der Waals surface area contributed by atoms with E-state index in [4.69, 9.17) is 0 Å². The third-order valence-corrected chi connectivity index (χ3v) is 1.78. The van der Waals surface area contributed by atoms with Gasteiger partial charge in [0.15, 0.2) is 0 Å². The Balaban J connectivity index is 3.47. The molecule has 0 spiro atoms. The van der Waals surface area contributed by atoms with Crippen molar-refractivity contribution < 1.29 is 18.6 Å². The van der Waals surface area contributed by atoms with Crippen LogP contribution in [0.25, 0.3) is 0 Å². The third-order valence-electron chi connectivity index (χ3n) is 0.744. The molecule has 4 nitrogen and oxygen atoms in total. The summed E-state index contributed by atoms with van der Waals surface area (Å²) in [6.45, 7) is 0. The molecule has 0 radical (unpaired) electrons. The Kier molecular flexibility index (Phi) is 4.36. The van der Waals surface area contributed by atoms with Crippen LogP contribution in [0.1, 0.15) is 0 Å². The van der Waals surface area contributed by atoms with Crippen molar-refractivity contribution in [2.75, 3.05) is 20.4 Å². The summed E-state index contributed by atoms with van der Waals surface area (Å²) < 4.78 is 19.0. The first kappa shape index (κ1) is 8.66. The molecule has 0 rings (SSSR count). The van der Waals surface area contributed by atoms with E-state index in [1.165, 1.54) is 14.2 Å². The van der Waals surface area contributed by atoms with Gasteiger partial charge in [0.25, 0.3) is 0 Å². The van der Waals surface area contributed by atoms with Gasteiger partial charge in [-0.1, -0.05) is 0 Å². The van der Waals surface area contributed by atoms with E-state index in [1.807, 2.05) is 0 Å². The van der Waals surface area contributed by atoms with Crippen molar-refractivity contribution in [1.29, 1.82) is 0 Å². The van der Waals surface area contributed by atoms with E-state index in [-0.39, 0.29) is 6.16 Å². The minimum absolute atomic E-state index is 0.127. The van der Waals surface area contributed by atoms with Gasteiger partial charge in [-0.25, -0.2) is 0 Å². The molecule has 0 aromatic rings. The number of esters is 1. The third kappa shape index (κ3) is 4.18. The van der Waals surface area contributed by atoms with Crippen LogP contribution in [0.15, 0.2) is 0 Å². The van der Waals surface area contributed by atoms with Gasteiger partial charge in [0.2, 0.25) is 8.03 Å². The van der Waals surface area contributed by atoms with Gasteiger partial charge in [0.05, 0.1) is 7.11 Å². The maximum Gasteiger partial charge on any atom is 0.315 e. The first-order valence-corrected chi connectivity index (χ1v) is 3.86. The Bertz CT molecular complexity index is 108. The quantitative estimate of drug-likeness (QED) is 0.430. The summed E-state index contributed by atoms with van der Waals surface area (Å²) in [5.41, 5.74) is 0. The standard InChI is InChI=1S/C4H9O4P/c1-7-4(5)3-9(6)8-2/h9H,3H2,1-2H3. The van der Waals surface area contributed by atoms with E-state index >= 15 is 0 Å². The molecule has 54 valence electrons. The second-order valence-electron chi connectivity index (χ2n) is 1.33. The van der Waals surface area contributed by atoms with Crippen molar-refractivity contribution in [3.05, 3.63) is 0 Å². The average Bonchev–Trinajstić information content (AvgIpc) is 1.87. The van der Waals surface area contributed by atoms with Crippen molar-refractivity contribution in [3.8, 4) is 0 Å². The van der Waals surface area contributed by atoms with Crippen molar-refractivity contribution in [2.45, 2.75) is 0 Å². The largest absolute Gasteiger partial charge is 0.469 e. The van der Waals surface area contributed by atoms with Crippen LogP contribution in [-0.4, -0.2) is 26.4 Å². The van der Waals surface area contributed by atoms with Crippen molar-refractivity contribution in [1.82, 2.24) is 0 Å². The number of carbonyl (C=O) groups is 1. The summed E-state index contributed by atoms with van der Waals surface area (Å²) in [5, 5.41) is 0. The summed E-state index contributed by atoms with van der Waals surface area (Å²) in [7, 11) is 0.374. The van der Waals surface area contributed by atoms with Gasteiger partial charge in [-0.15, -0.1) is 0 Å². The Morgan fingerprint density at radius 2 is 2.11 bits per heavy atom. The predicted octanol–water partition coefficient (Wildman–Crippen LogP) is 0.280. The highest BCUT2D eigenvalue weighted by Crippen LogP contribution is 2.18. The molecule has 0 saturated heterocycles. The number of hydrogen-bond donors (Lipinski definition) is 0. The predicted molar refractivity (Wildman–Crippen MR) is 32.9 cm³/mol. The van der Waals surface area contributed by atoms with Crippen LogP contribution in [0.3, 0.4) is 0 Å². The lowest BCUT2D eigenvalue weighted by Crippen LogP contribution is -2.02. The first-order valence-electron chi connectivity index (χ1n) is 2.34. The molecule has 0 aliphatic rings. The average molecular weight is 152 g/mol. The van der Waals surface area contributed by atoms with Crippen LogP contribution >= 0.6 is 8.03 Å². The van der Waals surface area contributed by atoms with Gasteiger partial charge in [0.1, 0.15) is 6.16 Å². The maximum atomic E-state index is 10.4. The zero-order valence-corrected chi connectivity index (χ0v) is 6.34. The summed E-state index contributed by atoms with van der Waals surface area (Å²) in [5.74, 6) is -0.499. The normalized spacial score (nSPS) is 12.7. The molecule has 9 heavy (non-hydrogen) atoms. The first-order chi connectivity index (χ1) is 4.20. The number of carbonyl (C=O) groups excluding carboxylic acids is 1. The molecule has 0 fully saturated rings. The molecule has 0 aromatic carbocycles. The lowest BCUT2D eigenvalue weighted by molar-refractivity contribution is -0.137. The molecule has 0 bridgehead atoms. The second-order valence-corrected chi connectivity index (χ2v) is 2.83. The fraction of sp³-hybridized carbons (Fsp3) is 0.750. The van der Waals surface area contributed by atoms with Crippen molar-refractivity contribution in [3.63, 3.8) is 0 Å². The molecular formula is C4H9O4P. The van der Waals surface area contributed by atoms with E-state index in [9.17, 15) is 9.36 Å². The minimum Gasteiger partial charge on any atom is -0.469 e. The molecule has 0 saturated carbocycles. The lowest BCUT2D eigenvalue weighted by atomic mass is 10.8. The molecule has 5 heteroatoms. The van der Waals surface area contributed by atoms with E-state index < -0.39 is 14.0 Å². The number of ether oxygens (including phenoxy) is 1. The molecule has 0 amide bonds. The SMILES string of the molecule is COC(=O)C[PH](=O)OC.